The van der Waals surface area contributed by atoms with Gasteiger partial charge in [-0.05, 0) is 87.1 Å². The highest BCUT2D eigenvalue weighted by molar-refractivity contribution is 4.58. The summed E-state index contributed by atoms with van der Waals surface area (Å²) in [6.07, 6.45) is 6.21. The summed E-state index contributed by atoms with van der Waals surface area (Å²) in [6.45, 7) is 16.0. The fourth-order valence-corrected chi connectivity index (χ4v) is 2.39. The molecule has 0 radical (unpaired) electrons. The average Bonchev–Trinajstić information content (AvgIpc) is 2.61. The van der Waals surface area contributed by atoms with Crippen LogP contribution < -0.4 is 16.8 Å². The quantitative estimate of drug-likeness (QED) is 0.398. The van der Waals surface area contributed by atoms with Crippen LogP contribution in [0.3, 0.4) is 0 Å². The third-order valence-electron chi connectivity index (χ3n) is 3.62. The zero-order valence-electron chi connectivity index (χ0n) is 22.1. The number of nitrogens with one attached hydrogen (secondary N) is 1. The number of rotatable bonds is 13. The molecule has 0 aliphatic rings. The standard InChI is InChI=1S/C8H20N2.C6H15N.C5H14N2.C4H11N/c1-8(6-9(2)3)7-10(4)5;1-4-5-6-7(2)3;1-2-4-7-5-3-6;1-2-3-4-5/h8H,6-7H2,1-5H3;4-6H2,1-3H3;7H,2-6H2,1H3;2-5H2,1H3. The molecule has 182 valence electrons. The molecule has 0 aromatic heterocycles. The predicted molar refractivity (Wildman–Crippen MR) is 136 cm³/mol. The average molecular weight is 421 g/mol. The Morgan fingerprint density at radius 1 is 0.655 bits per heavy atom. The number of nitrogens with zero attached hydrogens (tertiary/aromatic N) is 3. The van der Waals surface area contributed by atoms with E-state index in [1.54, 1.807) is 0 Å². The van der Waals surface area contributed by atoms with Gasteiger partial charge in [-0.2, -0.15) is 0 Å². The van der Waals surface area contributed by atoms with Crippen molar-refractivity contribution in [2.75, 3.05) is 88.1 Å². The van der Waals surface area contributed by atoms with Gasteiger partial charge in [-0.1, -0.05) is 40.5 Å². The highest BCUT2D eigenvalue weighted by Gasteiger charge is 2.03. The molecule has 0 unspecified atom stereocenters. The molecule has 0 bridgehead atoms. The van der Waals surface area contributed by atoms with E-state index < -0.39 is 0 Å². The van der Waals surface area contributed by atoms with E-state index in [4.69, 9.17) is 11.5 Å². The minimum atomic E-state index is 0.750. The highest BCUT2D eigenvalue weighted by Crippen LogP contribution is 1.96. The maximum atomic E-state index is 5.21. The predicted octanol–water partition coefficient (Wildman–Crippen LogP) is 2.78. The summed E-state index contributed by atoms with van der Waals surface area (Å²) >= 11 is 0. The van der Waals surface area contributed by atoms with Crippen molar-refractivity contribution in [3.8, 4) is 0 Å². The van der Waals surface area contributed by atoms with Crippen LogP contribution in [-0.4, -0.2) is 103 Å². The van der Waals surface area contributed by atoms with E-state index in [1.807, 2.05) is 0 Å². The molecule has 0 aliphatic carbocycles. The van der Waals surface area contributed by atoms with Crippen molar-refractivity contribution < 1.29 is 0 Å². The molecular formula is C23H60N6. The Balaban J connectivity index is -0.000000148. The normalized spacial score (nSPS) is 10.3. The van der Waals surface area contributed by atoms with E-state index in [1.165, 1.54) is 51.7 Å². The molecule has 0 aromatic rings. The first-order chi connectivity index (χ1) is 13.6. The fourth-order valence-electron chi connectivity index (χ4n) is 2.39. The van der Waals surface area contributed by atoms with Crippen LogP contribution in [0, 0.1) is 5.92 Å². The topological polar surface area (TPSA) is 73.8 Å². The van der Waals surface area contributed by atoms with E-state index in [-0.39, 0.29) is 0 Å². The Morgan fingerprint density at radius 3 is 1.34 bits per heavy atom. The Hall–Kier alpha value is -0.240. The lowest BCUT2D eigenvalue weighted by molar-refractivity contribution is 0.273. The van der Waals surface area contributed by atoms with Crippen molar-refractivity contribution in [1.82, 2.24) is 20.0 Å². The first kappa shape index (κ1) is 36.2. The summed E-state index contributed by atoms with van der Waals surface area (Å²) < 4.78 is 0. The number of hydrogen-bond acceptors (Lipinski definition) is 6. The summed E-state index contributed by atoms with van der Waals surface area (Å²) in [6, 6.07) is 0. The molecule has 0 atom stereocenters. The second-order valence-electron chi connectivity index (χ2n) is 8.47. The Bertz CT molecular complexity index is 232. The second kappa shape index (κ2) is 32.4. The Morgan fingerprint density at radius 2 is 1.14 bits per heavy atom. The number of hydrogen-bond donors (Lipinski definition) is 3. The van der Waals surface area contributed by atoms with E-state index in [9.17, 15) is 0 Å². The molecule has 0 saturated carbocycles. The van der Waals surface area contributed by atoms with Gasteiger partial charge in [-0.15, -0.1) is 0 Å². The molecule has 0 spiro atoms. The molecule has 0 heterocycles. The van der Waals surface area contributed by atoms with Gasteiger partial charge in [0.2, 0.25) is 0 Å². The van der Waals surface area contributed by atoms with Gasteiger partial charge in [-0.3, -0.25) is 0 Å². The molecular weight excluding hydrogens is 360 g/mol. The molecule has 5 N–H and O–H groups in total. The molecule has 0 amide bonds. The third-order valence-corrected chi connectivity index (χ3v) is 3.62. The molecule has 29 heavy (non-hydrogen) atoms. The smallest absolute Gasteiger partial charge is 0.00744 e. The molecule has 0 fully saturated rings. The largest absolute Gasteiger partial charge is 0.330 e. The second-order valence-corrected chi connectivity index (χ2v) is 8.47. The van der Waals surface area contributed by atoms with Gasteiger partial charge in [-0.25, -0.2) is 0 Å². The molecule has 0 aromatic carbocycles. The van der Waals surface area contributed by atoms with Gasteiger partial charge in [0.15, 0.2) is 0 Å². The van der Waals surface area contributed by atoms with Crippen molar-refractivity contribution >= 4 is 0 Å². The summed E-state index contributed by atoms with van der Waals surface area (Å²) in [7, 11) is 12.7. The lowest BCUT2D eigenvalue weighted by Crippen LogP contribution is -2.28. The van der Waals surface area contributed by atoms with E-state index in [2.05, 4.69) is 90.0 Å². The molecule has 0 aliphatic heterocycles. The monoisotopic (exact) mass is 420 g/mol. The maximum Gasteiger partial charge on any atom is 0.00744 e. The van der Waals surface area contributed by atoms with Gasteiger partial charge in [0.25, 0.3) is 0 Å². The van der Waals surface area contributed by atoms with Crippen LogP contribution in [0.1, 0.15) is 59.8 Å². The zero-order valence-corrected chi connectivity index (χ0v) is 22.1. The van der Waals surface area contributed by atoms with Crippen molar-refractivity contribution in [3.05, 3.63) is 0 Å². The zero-order chi connectivity index (χ0) is 23.5. The van der Waals surface area contributed by atoms with Gasteiger partial charge in [0, 0.05) is 26.2 Å². The van der Waals surface area contributed by atoms with Gasteiger partial charge in [0.05, 0.1) is 0 Å². The number of unbranched alkanes of at least 4 members (excludes halogenated alkanes) is 2. The molecule has 0 rings (SSSR count). The van der Waals surface area contributed by atoms with Crippen LogP contribution in [0.2, 0.25) is 0 Å². The van der Waals surface area contributed by atoms with Crippen LogP contribution in [0.25, 0.3) is 0 Å². The summed E-state index contributed by atoms with van der Waals surface area (Å²) in [5.74, 6) is 0.769. The minimum absolute atomic E-state index is 0.750. The minimum Gasteiger partial charge on any atom is -0.330 e. The summed E-state index contributed by atoms with van der Waals surface area (Å²) in [5.41, 5.74) is 10.3. The van der Waals surface area contributed by atoms with Crippen LogP contribution in [0.4, 0.5) is 0 Å². The Labute approximate surface area is 185 Å². The van der Waals surface area contributed by atoms with Gasteiger partial charge >= 0.3 is 0 Å². The SMILES string of the molecule is CC(CN(C)C)CN(C)C.CCCCN.CCCCN(C)C.CCCNCCN. The fraction of sp³-hybridized carbons (Fsp3) is 1.00. The number of nitrogens with two attached hydrogens (primary N) is 2. The van der Waals surface area contributed by atoms with Crippen molar-refractivity contribution in [3.63, 3.8) is 0 Å². The first-order valence-corrected chi connectivity index (χ1v) is 11.7. The van der Waals surface area contributed by atoms with E-state index in [0.717, 1.165) is 32.1 Å². The lowest BCUT2D eigenvalue weighted by Gasteiger charge is -2.20. The molecule has 0 saturated heterocycles. The van der Waals surface area contributed by atoms with E-state index in [0.29, 0.717) is 0 Å². The molecule has 6 heteroatoms. The Kier molecular flexibility index (Phi) is 40.4. The van der Waals surface area contributed by atoms with Crippen LogP contribution >= 0.6 is 0 Å². The van der Waals surface area contributed by atoms with Crippen LogP contribution in [-0.2, 0) is 0 Å². The van der Waals surface area contributed by atoms with Crippen molar-refractivity contribution in [2.24, 2.45) is 17.4 Å². The third kappa shape index (κ3) is 58.4. The maximum absolute atomic E-state index is 5.21. The summed E-state index contributed by atoms with van der Waals surface area (Å²) in [4.78, 5) is 6.67. The first-order valence-electron chi connectivity index (χ1n) is 11.7. The van der Waals surface area contributed by atoms with Gasteiger partial charge < -0.3 is 31.5 Å². The lowest BCUT2D eigenvalue weighted by atomic mass is 10.1. The highest BCUT2D eigenvalue weighted by atomic mass is 15.1. The van der Waals surface area contributed by atoms with Crippen LogP contribution in [0.15, 0.2) is 0 Å². The van der Waals surface area contributed by atoms with Crippen LogP contribution in [0.5, 0.6) is 0 Å². The van der Waals surface area contributed by atoms with Crippen molar-refractivity contribution in [2.45, 2.75) is 59.8 Å². The van der Waals surface area contributed by atoms with Crippen molar-refractivity contribution in [1.29, 1.82) is 0 Å². The summed E-state index contributed by atoms with van der Waals surface area (Å²) in [5, 5.41) is 3.16. The van der Waals surface area contributed by atoms with E-state index >= 15 is 0 Å². The van der Waals surface area contributed by atoms with Gasteiger partial charge in [0.1, 0.15) is 0 Å². The molecule has 6 nitrogen and oxygen atoms in total.